The minimum absolute atomic E-state index is 0.542. The Hall–Kier alpha value is -0.450. The number of hydrogen-bond donors (Lipinski definition) is 1. The van der Waals surface area contributed by atoms with Gasteiger partial charge in [-0.15, -0.1) is 11.3 Å². The van der Waals surface area contributed by atoms with Crippen molar-refractivity contribution in [2.24, 2.45) is 0 Å². The normalized spacial score (nSPS) is 16.6. The number of aryl methyl sites for hydroxylation is 1. The van der Waals surface area contributed by atoms with E-state index in [0.29, 0.717) is 6.04 Å². The second-order valence-corrected chi connectivity index (χ2v) is 6.83. The molecule has 1 aromatic heterocycles. The molecule has 1 fully saturated rings. The summed E-state index contributed by atoms with van der Waals surface area (Å²) < 4.78 is 0. The van der Waals surface area contributed by atoms with Gasteiger partial charge in [0, 0.05) is 30.4 Å². The van der Waals surface area contributed by atoms with Gasteiger partial charge >= 0.3 is 0 Å². The second kappa shape index (κ2) is 7.36. The number of likely N-dealkylation sites (tertiary alicyclic amines) is 1. The van der Waals surface area contributed by atoms with Crippen molar-refractivity contribution in [2.45, 2.75) is 59.0 Å². The van der Waals surface area contributed by atoms with Crippen molar-refractivity contribution in [3.05, 3.63) is 15.6 Å². The molecule has 2 heterocycles. The summed E-state index contributed by atoms with van der Waals surface area (Å²) in [6.45, 7) is 11.3. The van der Waals surface area contributed by atoms with Gasteiger partial charge in [0.15, 0.2) is 0 Å². The van der Waals surface area contributed by atoms with E-state index < -0.39 is 0 Å². The molecule has 0 unspecified atom stereocenters. The van der Waals surface area contributed by atoms with Gasteiger partial charge in [-0.1, -0.05) is 20.8 Å². The van der Waals surface area contributed by atoms with E-state index in [1.807, 2.05) is 11.3 Å². The molecule has 1 aromatic rings. The van der Waals surface area contributed by atoms with E-state index in [2.05, 4.69) is 31.0 Å². The molecule has 1 saturated heterocycles. The molecule has 19 heavy (non-hydrogen) atoms. The monoisotopic (exact) mass is 281 g/mol. The minimum atomic E-state index is 0.542. The molecule has 108 valence electrons. The highest BCUT2D eigenvalue weighted by atomic mass is 32.1. The third-order valence-electron chi connectivity index (χ3n) is 3.67. The number of hydrogen-bond acceptors (Lipinski definition) is 4. The highest BCUT2D eigenvalue weighted by Crippen LogP contribution is 2.20. The van der Waals surface area contributed by atoms with E-state index >= 15 is 0 Å². The van der Waals surface area contributed by atoms with E-state index in [1.165, 1.54) is 48.1 Å². The Kier molecular flexibility index (Phi) is 5.79. The van der Waals surface area contributed by atoms with E-state index in [0.717, 1.165) is 19.4 Å². The Morgan fingerprint density at radius 3 is 2.68 bits per heavy atom. The van der Waals surface area contributed by atoms with Gasteiger partial charge in [-0.05, 0) is 32.4 Å². The molecular formula is C15H27N3S. The number of rotatable bonds is 7. The average molecular weight is 281 g/mol. The Balaban J connectivity index is 1.89. The zero-order valence-corrected chi connectivity index (χ0v) is 13.4. The highest BCUT2D eigenvalue weighted by molar-refractivity contribution is 7.11. The summed E-state index contributed by atoms with van der Waals surface area (Å²) in [5, 5.41) is 4.83. The zero-order chi connectivity index (χ0) is 13.7. The van der Waals surface area contributed by atoms with Gasteiger partial charge in [0.05, 0.1) is 10.7 Å². The van der Waals surface area contributed by atoms with Crippen molar-refractivity contribution in [2.75, 3.05) is 19.6 Å². The number of thiazole rings is 1. The third kappa shape index (κ3) is 4.55. The van der Waals surface area contributed by atoms with Crippen molar-refractivity contribution in [1.29, 1.82) is 0 Å². The SMILES string of the molecule is CCc1nc(CCN2CCCC2)sc1CNC(C)C. The summed E-state index contributed by atoms with van der Waals surface area (Å²) in [6.07, 6.45) is 4.93. The van der Waals surface area contributed by atoms with Gasteiger partial charge in [0.25, 0.3) is 0 Å². The van der Waals surface area contributed by atoms with Gasteiger partial charge in [-0.3, -0.25) is 0 Å². The Morgan fingerprint density at radius 1 is 1.32 bits per heavy atom. The van der Waals surface area contributed by atoms with Gasteiger partial charge in [-0.2, -0.15) is 0 Å². The van der Waals surface area contributed by atoms with Crippen LogP contribution in [0, 0.1) is 0 Å². The first-order valence-electron chi connectivity index (χ1n) is 7.62. The van der Waals surface area contributed by atoms with Crippen LogP contribution in [0.3, 0.4) is 0 Å². The summed E-state index contributed by atoms with van der Waals surface area (Å²) in [6, 6.07) is 0.542. The van der Waals surface area contributed by atoms with E-state index in [-0.39, 0.29) is 0 Å². The van der Waals surface area contributed by atoms with Gasteiger partial charge in [-0.25, -0.2) is 4.98 Å². The summed E-state index contributed by atoms with van der Waals surface area (Å²) >= 11 is 1.91. The van der Waals surface area contributed by atoms with Crippen LogP contribution in [0.5, 0.6) is 0 Å². The quantitative estimate of drug-likeness (QED) is 0.833. The van der Waals surface area contributed by atoms with Crippen molar-refractivity contribution < 1.29 is 0 Å². The summed E-state index contributed by atoms with van der Waals surface area (Å²) in [5.74, 6) is 0. The molecule has 0 amide bonds. The molecule has 0 bridgehead atoms. The molecule has 2 rings (SSSR count). The molecule has 1 N–H and O–H groups in total. The Bertz CT molecular complexity index is 381. The van der Waals surface area contributed by atoms with Crippen LogP contribution in [0.15, 0.2) is 0 Å². The number of nitrogens with one attached hydrogen (secondary N) is 1. The molecule has 0 aliphatic carbocycles. The summed E-state index contributed by atoms with van der Waals surface area (Å²) in [5.41, 5.74) is 1.30. The van der Waals surface area contributed by atoms with Crippen LogP contribution in [0.25, 0.3) is 0 Å². The largest absolute Gasteiger partial charge is 0.310 e. The van der Waals surface area contributed by atoms with E-state index in [1.54, 1.807) is 0 Å². The van der Waals surface area contributed by atoms with Crippen LogP contribution in [0.4, 0.5) is 0 Å². The fourth-order valence-electron chi connectivity index (χ4n) is 2.51. The summed E-state index contributed by atoms with van der Waals surface area (Å²) in [4.78, 5) is 8.83. The molecule has 0 aromatic carbocycles. The van der Waals surface area contributed by atoms with Crippen LogP contribution >= 0.6 is 11.3 Å². The lowest BCUT2D eigenvalue weighted by molar-refractivity contribution is 0.343. The Labute approximate surface area is 121 Å². The molecule has 3 nitrogen and oxygen atoms in total. The maximum absolute atomic E-state index is 4.82. The smallest absolute Gasteiger partial charge is 0.0944 e. The van der Waals surface area contributed by atoms with Crippen LogP contribution in [0.2, 0.25) is 0 Å². The Morgan fingerprint density at radius 2 is 2.05 bits per heavy atom. The first-order chi connectivity index (χ1) is 9.19. The first-order valence-corrected chi connectivity index (χ1v) is 8.44. The van der Waals surface area contributed by atoms with Crippen molar-refractivity contribution in [1.82, 2.24) is 15.2 Å². The molecule has 0 spiro atoms. The van der Waals surface area contributed by atoms with E-state index in [4.69, 9.17) is 4.98 Å². The average Bonchev–Trinajstić information content (AvgIpc) is 3.03. The lowest BCUT2D eigenvalue weighted by Crippen LogP contribution is -2.21. The first kappa shape index (κ1) is 14.9. The van der Waals surface area contributed by atoms with Crippen molar-refractivity contribution in [3.8, 4) is 0 Å². The fourth-order valence-corrected chi connectivity index (χ4v) is 3.61. The third-order valence-corrected chi connectivity index (χ3v) is 4.83. The topological polar surface area (TPSA) is 28.2 Å². The van der Waals surface area contributed by atoms with E-state index in [9.17, 15) is 0 Å². The standard InChI is InChI=1S/C15H27N3S/c1-4-13-14(11-16-12(2)3)19-15(17-13)7-10-18-8-5-6-9-18/h12,16H,4-11H2,1-3H3. The molecule has 0 atom stereocenters. The molecular weight excluding hydrogens is 254 g/mol. The lowest BCUT2D eigenvalue weighted by Gasteiger charge is -2.12. The number of aromatic nitrogens is 1. The fraction of sp³-hybridized carbons (Fsp3) is 0.800. The minimum Gasteiger partial charge on any atom is -0.310 e. The maximum atomic E-state index is 4.82. The molecule has 4 heteroatoms. The number of nitrogens with zero attached hydrogens (tertiary/aromatic N) is 2. The van der Waals surface area contributed by atoms with Crippen LogP contribution in [-0.4, -0.2) is 35.6 Å². The second-order valence-electron chi connectivity index (χ2n) is 5.67. The van der Waals surface area contributed by atoms with Crippen molar-refractivity contribution in [3.63, 3.8) is 0 Å². The maximum Gasteiger partial charge on any atom is 0.0944 e. The van der Waals surface area contributed by atoms with Crippen molar-refractivity contribution >= 4 is 11.3 Å². The lowest BCUT2D eigenvalue weighted by atomic mass is 10.3. The van der Waals surface area contributed by atoms with Gasteiger partial charge < -0.3 is 10.2 Å². The van der Waals surface area contributed by atoms with Crippen LogP contribution in [-0.2, 0) is 19.4 Å². The highest BCUT2D eigenvalue weighted by Gasteiger charge is 2.14. The zero-order valence-electron chi connectivity index (χ0n) is 12.5. The summed E-state index contributed by atoms with van der Waals surface area (Å²) in [7, 11) is 0. The predicted molar refractivity (Wildman–Crippen MR) is 82.8 cm³/mol. The van der Waals surface area contributed by atoms with Crippen LogP contribution < -0.4 is 5.32 Å². The molecule has 0 radical (unpaired) electrons. The molecule has 0 saturated carbocycles. The van der Waals surface area contributed by atoms with Gasteiger partial charge in [0.1, 0.15) is 0 Å². The molecule has 1 aliphatic rings. The predicted octanol–water partition coefficient (Wildman–Crippen LogP) is 2.84. The van der Waals surface area contributed by atoms with Gasteiger partial charge in [0.2, 0.25) is 0 Å². The molecule has 1 aliphatic heterocycles. The van der Waals surface area contributed by atoms with Crippen LogP contribution in [0.1, 0.15) is 49.2 Å².